The van der Waals surface area contributed by atoms with Gasteiger partial charge in [0.25, 0.3) is 0 Å². The van der Waals surface area contributed by atoms with Crippen LogP contribution in [0.1, 0.15) is 16.7 Å². The van der Waals surface area contributed by atoms with Crippen LogP contribution in [0, 0.1) is 19.7 Å². The van der Waals surface area contributed by atoms with Gasteiger partial charge in [0, 0.05) is 16.3 Å². The van der Waals surface area contributed by atoms with Gasteiger partial charge >= 0.3 is 0 Å². The van der Waals surface area contributed by atoms with Gasteiger partial charge in [-0.3, -0.25) is 0 Å². The van der Waals surface area contributed by atoms with E-state index in [2.05, 4.69) is 32.0 Å². The first-order valence-corrected chi connectivity index (χ1v) is 6.79. The molecular formula is C15H16FNS. The molecule has 0 atom stereocenters. The summed E-state index contributed by atoms with van der Waals surface area (Å²) in [5.41, 5.74) is 10.2. The van der Waals surface area contributed by atoms with Crippen LogP contribution < -0.4 is 5.73 Å². The summed E-state index contributed by atoms with van der Waals surface area (Å²) in [7, 11) is 0. The van der Waals surface area contributed by atoms with E-state index in [0.717, 1.165) is 10.6 Å². The summed E-state index contributed by atoms with van der Waals surface area (Å²) in [6.45, 7) is 4.19. The van der Waals surface area contributed by atoms with Crippen molar-refractivity contribution in [2.75, 3.05) is 5.73 Å². The molecule has 0 aromatic heterocycles. The van der Waals surface area contributed by atoms with Crippen molar-refractivity contribution >= 4 is 17.4 Å². The van der Waals surface area contributed by atoms with E-state index < -0.39 is 0 Å². The van der Waals surface area contributed by atoms with Crippen molar-refractivity contribution in [3.8, 4) is 0 Å². The number of benzene rings is 2. The molecule has 1 nitrogen and oxygen atoms in total. The van der Waals surface area contributed by atoms with Crippen LogP contribution >= 0.6 is 11.8 Å². The van der Waals surface area contributed by atoms with E-state index in [-0.39, 0.29) is 5.82 Å². The molecule has 94 valence electrons. The number of nitrogens with two attached hydrogens (primary N) is 1. The summed E-state index contributed by atoms with van der Waals surface area (Å²) in [6.07, 6.45) is 0. The Balaban J connectivity index is 2.11. The quantitative estimate of drug-likeness (QED) is 0.658. The Hall–Kier alpha value is -1.48. The van der Waals surface area contributed by atoms with Crippen molar-refractivity contribution in [2.24, 2.45) is 0 Å². The number of halogens is 1. The third kappa shape index (κ3) is 3.05. The molecule has 2 aromatic carbocycles. The molecule has 0 radical (unpaired) electrons. The second kappa shape index (κ2) is 5.44. The third-order valence-electron chi connectivity index (χ3n) is 2.94. The Kier molecular flexibility index (Phi) is 3.92. The summed E-state index contributed by atoms with van der Waals surface area (Å²) in [6, 6.07) is 10.9. The molecule has 3 heteroatoms. The second-order valence-electron chi connectivity index (χ2n) is 4.39. The van der Waals surface area contributed by atoms with Gasteiger partial charge in [0.05, 0.1) is 0 Å². The van der Waals surface area contributed by atoms with Crippen molar-refractivity contribution < 1.29 is 4.39 Å². The maximum Gasteiger partial charge on any atom is 0.124 e. The largest absolute Gasteiger partial charge is 0.398 e. The summed E-state index contributed by atoms with van der Waals surface area (Å²) in [5.74, 6) is 0.557. The lowest BCUT2D eigenvalue weighted by molar-refractivity contribution is 0.624. The van der Waals surface area contributed by atoms with E-state index in [0.29, 0.717) is 5.69 Å². The third-order valence-corrected chi connectivity index (χ3v) is 4.08. The Morgan fingerprint density at radius 1 is 1.06 bits per heavy atom. The number of anilines is 1. The molecule has 0 aliphatic heterocycles. The van der Waals surface area contributed by atoms with Crippen LogP contribution in [-0.2, 0) is 5.75 Å². The minimum Gasteiger partial charge on any atom is -0.398 e. The Morgan fingerprint density at radius 3 is 2.56 bits per heavy atom. The molecule has 0 aliphatic rings. The lowest BCUT2D eigenvalue weighted by Crippen LogP contribution is -1.91. The molecule has 0 spiro atoms. The van der Waals surface area contributed by atoms with Crippen molar-refractivity contribution in [1.82, 2.24) is 0 Å². The average Bonchev–Trinajstić information content (AvgIpc) is 2.34. The van der Waals surface area contributed by atoms with Gasteiger partial charge < -0.3 is 5.73 Å². The Bertz CT molecular complexity index is 566. The molecular weight excluding hydrogens is 245 g/mol. The zero-order chi connectivity index (χ0) is 13.1. The standard InChI is InChI=1S/C15H16FNS/c1-10-3-4-12(7-11(10)2)9-18-15-8-13(16)5-6-14(15)17/h3-8H,9,17H2,1-2H3. The van der Waals surface area contributed by atoms with Crippen LogP contribution in [-0.4, -0.2) is 0 Å². The summed E-state index contributed by atoms with van der Waals surface area (Å²) in [4.78, 5) is 0.799. The van der Waals surface area contributed by atoms with E-state index in [4.69, 9.17) is 5.73 Å². The molecule has 0 unspecified atom stereocenters. The number of rotatable bonds is 3. The normalized spacial score (nSPS) is 10.6. The van der Waals surface area contributed by atoms with E-state index in [1.54, 1.807) is 17.8 Å². The molecule has 0 saturated heterocycles. The van der Waals surface area contributed by atoms with Gasteiger partial charge in [0.2, 0.25) is 0 Å². The highest BCUT2D eigenvalue weighted by Crippen LogP contribution is 2.29. The highest BCUT2D eigenvalue weighted by Gasteiger charge is 2.03. The van der Waals surface area contributed by atoms with Crippen LogP contribution in [0.25, 0.3) is 0 Å². The van der Waals surface area contributed by atoms with Gasteiger partial charge in [-0.05, 0) is 48.7 Å². The lowest BCUT2D eigenvalue weighted by Gasteiger charge is -2.07. The zero-order valence-corrected chi connectivity index (χ0v) is 11.4. The van der Waals surface area contributed by atoms with Crippen LogP contribution in [0.15, 0.2) is 41.3 Å². The molecule has 0 amide bonds. The predicted molar refractivity (Wildman–Crippen MR) is 76.3 cm³/mol. The zero-order valence-electron chi connectivity index (χ0n) is 10.5. The first kappa shape index (κ1) is 13.0. The van der Waals surface area contributed by atoms with E-state index in [1.807, 2.05) is 0 Å². The van der Waals surface area contributed by atoms with Crippen LogP contribution in [0.2, 0.25) is 0 Å². The molecule has 0 fully saturated rings. The highest BCUT2D eigenvalue weighted by molar-refractivity contribution is 7.98. The summed E-state index contributed by atoms with van der Waals surface area (Å²) < 4.78 is 13.1. The second-order valence-corrected chi connectivity index (χ2v) is 5.41. The molecule has 2 aromatic rings. The smallest absolute Gasteiger partial charge is 0.124 e. The summed E-state index contributed by atoms with van der Waals surface area (Å²) >= 11 is 1.56. The lowest BCUT2D eigenvalue weighted by atomic mass is 10.1. The molecule has 0 aliphatic carbocycles. The number of hydrogen-bond acceptors (Lipinski definition) is 2. The molecule has 18 heavy (non-hydrogen) atoms. The Labute approximate surface area is 111 Å². The maximum atomic E-state index is 13.1. The number of hydrogen-bond donors (Lipinski definition) is 1. The predicted octanol–water partition coefficient (Wildman–Crippen LogP) is 4.32. The topological polar surface area (TPSA) is 26.0 Å². The van der Waals surface area contributed by atoms with E-state index >= 15 is 0 Å². The summed E-state index contributed by atoms with van der Waals surface area (Å²) in [5, 5.41) is 0. The van der Waals surface area contributed by atoms with Gasteiger partial charge in [-0.15, -0.1) is 11.8 Å². The fraction of sp³-hybridized carbons (Fsp3) is 0.200. The molecule has 0 heterocycles. The SMILES string of the molecule is Cc1ccc(CSc2cc(F)ccc2N)cc1C. The van der Waals surface area contributed by atoms with Gasteiger partial charge in [-0.1, -0.05) is 18.2 Å². The van der Waals surface area contributed by atoms with Crippen molar-refractivity contribution in [3.63, 3.8) is 0 Å². The number of thioether (sulfide) groups is 1. The molecule has 0 saturated carbocycles. The van der Waals surface area contributed by atoms with Gasteiger partial charge in [-0.2, -0.15) is 0 Å². The highest BCUT2D eigenvalue weighted by atomic mass is 32.2. The first-order valence-electron chi connectivity index (χ1n) is 5.80. The van der Waals surface area contributed by atoms with Crippen LogP contribution in [0.3, 0.4) is 0 Å². The van der Waals surface area contributed by atoms with E-state index in [9.17, 15) is 4.39 Å². The minimum absolute atomic E-state index is 0.244. The monoisotopic (exact) mass is 261 g/mol. The van der Waals surface area contributed by atoms with Gasteiger partial charge in [0.15, 0.2) is 0 Å². The minimum atomic E-state index is -0.244. The van der Waals surface area contributed by atoms with E-state index in [1.165, 1.54) is 28.8 Å². The maximum absolute atomic E-state index is 13.1. The number of nitrogen functional groups attached to an aromatic ring is 1. The Morgan fingerprint density at radius 2 is 1.83 bits per heavy atom. The van der Waals surface area contributed by atoms with Crippen molar-refractivity contribution in [2.45, 2.75) is 24.5 Å². The molecule has 0 bridgehead atoms. The fourth-order valence-corrected chi connectivity index (χ4v) is 2.62. The first-order chi connectivity index (χ1) is 8.56. The average molecular weight is 261 g/mol. The van der Waals surface area contributed by atoms with Gasteiger partial charge in [-0.25, -0.2) is 4.39 Å². The van der Waals surface area contributed by atoms with Crippen LogP contribution in [0.5, 0.6) is 0 Å². The molecule has 2 rings (SSSR count). The van der Waals surface area contributed by atoms with Gasteiger partial charge in [0.1, 0.15) is 5.82 Å². The van der Waals surface area contributed by atoms with Crippen LogP contribution in [0.4, 0.5) is 10.1 Å². The number of aryl methyl sites for hydroxylation is 2. The molecule has 2 N–H and O–H groups in total. The fourth-order valence-electron chi connectivity index (χ4n) is 1.69. The van der Waals surface area contributed by atoms with Crippen molar-refractivity contribution in [3.05, 3.63) is 58.9 Å². The van der Waals surface area contributed by atoms with Crippen molar-refractivity contribution in [1.29, 1.82) is 0 Å².